The van der Waals surface area contributed by atoms with E-state index in [1.165, 1.54) is 6.26 Å². The molecule has 7 heteroatoms. The number of aliphatic carboxylic acids is 1. The van der Waals surface area contributed by atoms with E-state index in [2.05, 4.69) is 5.32 Å². The second kappa shape index (κ2) is 7.72. The number of hydrogen-bond donors (Lipinski definition) is 2. The maximum Gasteiger partial charge on any atom is 0.306 e. The van der Waals surface area contributed by atoms with E-state index in [4.69, 9.17) is 9.52 Å². The number of furan rings is 1. The van der Waals surface area contributed by atoms with E-state index < -0.39 is 11.9 Å². The van der Waals surface area contributed by atoms with Gasteiger partial charge in [0.2, 0.25) is 5.91 Å². The highest BCUT2D eigenvalue weighted by Crippen LogP contribution is 2.29. The summed E-state index contributed by atoms with van der Waals surface area (Å²) in [5, 5.41) is 12.2. The largest absolute Gasteiger partial charge is 0.481 e. The van der Waals surface area contributed by atoms with Gasteiger partial charge in [0.15, 0.2) is 5.76 Å². The van der Waals surface area contributed by atoms with Crippen molar-refractivity contribution in [2.24, 2.45) is 11.8 Å². The van der Waals surface area contributed by atoms with Gasteiger partial charge < -0.3 is 19.7 Å². The van der Waals surface area contributed by atoms with Gasteiger partial charge in [-0.15, -0.1) is 0 Å². The van der Waals surface area contributed by atoms with Crippen LogP contribution in [0.5, 0.6) is 0 Å². The first kappa shape index (κ1) is 17.5. The van der Waals surface area contributed by atoms with E-state index in [0.29, 0.717) is 44.5 Å². The fourth-order valence-electron chi connectivity index (χ4n) is 3.75. The third-order valence-corrected chi connectivity index (χ3v) is 5.25. The zero-order valence-corrected chi connectivity index (χ0v) is 14.1. The van der Waals surface area contributed by atoms with Gasteiger partial charge >= 0.3 is 5.97 Å². The van der Waals surface area contributed by atoms with Gasteiger partial charge in [0.25, 0.3) is 5.91 Å². The van der Waals surface area contributed by atoms with Crippen molar-refractivity contribution in [1.29, 1.82) is 0 Å². The number of rotatable bonds is 4. The Bertz CT molecular complexity index is 619. The molecule has 0 aromatic carbocycles. The average Bonchev–Trinajstić information content (AvgIpc) is 3.16. The van der Waals surface area contributed by atoms with Crippen LogP contribution in [0.15, 0.2) is 22.8 Å². The van der Waals surface area contributed by atoms with Gasteiger partial charge in [-0.25, -0.2) is 0 Å². The van der Waals surface area contributed by atoms with Crippen LogP contribution in [0, 0.1) is 11.8 Å². The molecule has 2 aliphatic rings. The molecule has 0 spiro atoms. The summed E-state index contributed by atoms with van der Waals surface area (Å²) in [5.74, 6) is -1.24. The summed E-state index contributed by atoms with van der Waals surface area (Å²) >= 11 is 0. The van der Waals surface area contributed by atoms with Crippen LogP contribution >= 0.6 is 0 Å². The van der Waals surface area contributed by atoms with Crippen LogP contribution in [0.1, 0.15) is 49.1 Å². The summed E-state index contributed by atoms with van der Waals surface area (Å²) in [4.78, 5) is 37.5. The minimum atomic E-state index is -0.803. The molecule has 2 fully saturated rings. The number of carboxylic acid groups (broad SMARTS) is 1. The molecule has 1 aliphatic heterocycles. The molecule has 1 saturated heterocycles. The molecular weight excluding hydrogens is 324 g/mol. The number of nitrogens with one attached hydrogen (secondary N) is 1. The maximum absolute atomic E-state index is 12.4. The number of carbonyl (C=O) groups is 3. The predicted molar refractivity (Wildman–Crippen MR) is 88.9 cm³/mol. The Balaban J connectivity index is 1.46. The minimum absolute atomic E-state index is 0.0400. The molecular formula is C18H24N2O5. The smallest absolute Gasteiger partial charge is 0.306 e. The molecule has 1 saturated carbocycles. The summed E-state index contributed by atoms with van der Waals surface area (Å²) < 4.78 is 5.14. The summed E-state index contributed by atoms with van der Waals surface area (Å²) in [5.41, 5.74) is 0. The molecule has 2 N–H and O–H groups in total. The number of nitrogens with zero attached hydrogens (tertiary/aromatic N) is 1. The Morgan fingerprint density at radius 1 is 1.12 bits per heavy atom. The van der Waals surface area contributed by atoms with E-state index in [1.807, 2.05) is 0 Å². The summed E-state index contributed by atoms with van der Waals surface area (Å²) in [6, 6.07) is 3.38. The molecule has 0 bridgehead atoms. The third-order valence-electron chi connectivity index (χ3n) is 5.25. The van der Waals surface area contributed by atoms with Gasteiger partial charge in [0.05, 0.1) is 12.2 Å². The molecule has 2 heterocycles. The first-order chi connectivity index (χ1) is 12.0. The molecule has 7 nitrogen and oxygen atoms in total. The summed E-state index contributed by atoms with van der Waals surface area (Å²) in [7, 11) is 0. The molecule has 2 amide bonds. The Hall–Kier alpha value is -2.31. The first-order valence-electron chi connectivity index (χ1n) is 8.90. The van der Waals surface area contributed by atoms with Crippen LogP contribution in [0.2, 0.25) is 0 Å². The van der Waals surface area contributed by atoms with E-state index in [-0.39, 0.29) is 23.8 Å². The van der Waals surface area contributed by atoms with Crippen molar-refractivity contribution in [2.45, 2.75) is 44.6 Å². The van der Waals surface area contributed by atoms with Crippen LogP contribution in [0.4, 0.5) is 0 Å². The Morgan fingerprint density at radius 3 is 2.48 bits per heavy atom. The molecule has 1 aliphatic carbocycles. The van der Waals surface area contributed by atoms with Gasteiger partial charge in [0, 0.05) is 25.0 Å². The van der Waals surface area contributed by atoms with Gasteiger partial charge in [-0.2, -0.15) is 0 Å². The molecule has 1 aromatic heterocycles. The van der Waals surface area contributed by atoms with Crippen LogP contribution in [0.3, 0.4) is 0 Å². The van der Waals surface area contributed by atoms with Crippen molar-refractivity contribution < 1.29 is 23.9 Å². The van der Waals surface area contributed by atoms with E-state index in [0.717, 1.165) is 12.8 Å². The number of likely N-dealkylation sites (tertiary alicyclic amines) is 1. The van der Waals surface area contributed by atoms with Crippen molar-refractivity contribution in [3.8, 4) is 0 Å². The summed E-state index contributed by atoms with van der Waals surface area (Å²) in [6.45, 7) is 1.15. The monoisotopic (exact) mass is 348 g/mol. The van der Waals surface area contributed by atoms with Crippen LogP contribution in [0.25, 0.3) is 0 Å². The van der Waals surface area contributed by atoms with E-state index >= 15 is 0 Å². The fraction of sp³-hybridized carbons (Fsp3) is 0.611. The van der Waals surface area contributed by atoms with Crippen molar-refractivity contribution >= 4 is 17.8 Å². The highest BCUT2D eigenvalue weighted by atomic mass is 16.4. The lowest BCUT2D eigenvalue weighted by Gasteiger charge is -2.33. The van der Waals surface area contributed by atoms with E-state index in [9.17, 15) is 14.4 Å². The number of hydrogen-bond acceptors (Lipinski definition) is 4. The lowest BCUT2D eigenvalue weighted by atomic mass is 9.81. The molecule has 136 valence electrons. The highest BCUT2D eigenvalue weighted by molar-refractivity contribution is 5.91. The highest BCUT2D eigenvalue weighted by Gasteiger charge is 2.33. The van der Waals surface area contributed by atoms with E-state index in [1.54, 1.807) is 17.0 Å². The summed E-state index contributed by atoms with van der Waals surface area (Å²) in [6.07, 6.45) is 5.51. The minimum Gasteiger partial charge on any atom is -0.481 e. The Labute approximate surface area is 146 Å². The SMILES string of the molecule is O=C(O)[C@@H]1CCC[C@@H](C(=O)NC2CCN(C(=O)c3ccco3)CC2)C1. The van der Waals surface area contributed by atoms with Crippen molar-refractivity contribution in [2.75, 3.05) is 13.1 Å². The predicted octanol–water partition coefficient (Wildman–Crippen LogP) is 1.89. The van der Waals surface area contributed by atoms with Crippen molar-refractivity contribution in [3.05, 3.63) is 24.2 Å². The van der Waals surface area contributed by atoms with Crippen LogP contribution in [-0.4, -0.2) is 46.9 Å². The van der Waals surface area contributed by atoms with Gasteiger partial charge in [-0.1, -0.05) is 6.42 Å². The maximum atomic E-state index is 12.4. The molecule has 1 aromatic rings. The number of piperidine rings is 1. The lowest BCUT2D eigenvalue weighted by Crippen LogP contribution is -2.48. The molecule has 2 atom stereocenters. The standard InChI is InChI=1S/C18H24N2O5/c21-16(12-3-1-4-13(11-12)18(23)24)19-14-6-8-20(9-7-14)17(22)15-5-2-10-25-15/h2,5,10,12-14H,1,3-4,6-9,11H2,(H,19,21)(H,23,24)/t12-,13-/m1/s1. The lowest BCUT2D eigenvalue weighted by molar-refractivity contribution is -0.144. The van der Waals surface area contributed by atoms with Crippen LogP contribution in [-0.2, 0) is 9.59 Å². The number of carbonyl (C=O) groups excluding carboxylic acids is 2. The number of carboxylic acids is 1. The Kier molecular flexibility index (Phi) is 5.40. The van der Waals surface area contributed by atoms with Gasteiger partial charge in [-0.05, 0) is 44.2 Å². The second-order valence-electron chi connectivity index (χ2n) is 6.95. The third kappa shape index (κ3) is 4.21. The zero-order valence-electron chi connectivity index (χ0n) is 14.1. The topological polar surface area (TPSA) is 99.8 Å². The molecule has 0 radical (unpaired) electrons. The quantitative estimate of drug-likeness (QED) is 0.865. The van der Waals surface area contributed by atoms with Crippen LogP contribution < -0.4 is 5.32 Å². The number of amides is 2. The molecule has 25 heavy (non-hydrogen) atoms. The van der Waals surface area contributed by atoms with Crippen molar-refractivity contribution in [3.63, 3.8) is 0 Å². The first-order valence-corrected chi connectivity index (χ1v) is 8.90. The van der Waals surface area contributed by atoms with Gasteiger partial charge in [-0.3, -0.25) is 14.4 Å². The Morgan fingerprint density at radius 2 is 1.84 bits per heavy atom. The average molecular weight is 348 g/mol. The fourth-order valence-corrected chi connectivity index (χ4v) is 3.75. The molecule has 0 unspecified atom stereocenters. The molecule has 3 rings (SSSR count). The van der Waals surface area contributed by atoms with Gasteiger partial charge in [0.1, 0.15) is 0 Å². The zero-order chi connectivity index (χ0) is 17.8. The normalized spacial score (nSPS) is 24.7. The van der Waals surface area contributed by atoms with Crippen molar-refractivity contribution in [1.82, 2.24) is 10.2 Å². The second-order valence-corrected chi connectivity index (χ2v) is 6.95.